The highest BCUT2D eigenvalue weighted by molar-refractivity contribution is 8.04. The van der Waals surface area contributed by atoms with E-state index >= 15 is 0 Å². The van der Waals surface area contributed by atoms with Gasteiger partial charge in [-0.15, -0.1) is 0 Å². The van der Waals surface area contributed by atoms with E-state index in [1.54, 1.807) is 12.2 Å². The number of hydrogen-bond acceptors (Lipinski definition) is 1. The number of hydrogen-bond donors (Lipinski definition) is 0. The molecule has 0 atom stereocenters. The fraction of sp³-hybridized carbons (Fsp3) is 0. The quantitative estimate of drug-likeness (QED) is 0.519. The van der Waals surface area contributed by atoms with Crippen LogP contribution in [0.5, 0.6) is 0 Å². The summed E-state index contributed by atoms with van der Waals surface area (Å²) in [5.74, 6) is 0. The first-order valence-electron chi connectivity index (χ1n) is 3.54. The molecule has 0 heterocycles. The molecular weight excluding hydrogens is 188 g/mol. The Kier molecular flexibility index (Phi) is 3.98. The van der Waals surface area contributed by atoms with Gasteiger partial charge in [0, 0.05) is 4.90 Å². The summed E-state index contributed by atoms with van der Waals surface area (Å²) in [5.41, 5.74) is 0. The highest BCUT2D eigenvalue weighted by Gasteiger charge is 1.93. The first-order valence-corrected chi connectivity index (χ1v) is 4.73. The van der Waals surface area contributed by atoms with Crippen LogP contribution in [0.25, 0.3) is 0 Å². The summed E-state index contributed by atoms with van der Waals surface area (Å²) >= 11 is 7.39. The second-order valence-electron chi connectivity index (χ2n) is 2.12. The molecule has 0 radical (unpaired) electrons. The molecular formula is C10H9ClS. The Balaban J connectivity index is 2.64. The van der Waals surface area contributed by atoms with Gasteiger partial charge in [0.25, 0.3) is 0 Å². The first kappa shape index (κ1) is 9.43. The van der Waals surface area contributed by atoms with Gasteiger partial charge < -0.3 is 0 Å². The molecule has 12 heavy (non-hydrogen) atoms. The minimum Gasteiger partial charge on any atom is -0.0990 e. The fourth-order valence-electron chi connectivity index (χ4n) is 0.728. The largest absolute Gasteiger partial charge is 0.0990 e. The third kappa shape index (κ3) is 3.16. The van der Waals surface area contributed by atoms with Gasteiger partial charge in [0.2, 0.25) is 0 Å². The standard InChI is InChI=1S/C10H9ClS/c1-2-6-10(11)12-9-7-4-3-5-8-9/h2-8H,1H2/b10-6-. The number of benzene rings is 1. The van der Waals surface area contributed by atoms with E-state index in [1.165, 1.54) is 11.8 Å². The van der Waals surface area contributed by atoms with E-state index in [1.807, 2.05) is 30.3 Å². The summed E-state index contributed by atoms with van der Waals surface area (Å²) in [6, 6.07) is 9.99. The van der Waals surface area contributed by atoms with Crippen LogP contribution in [0, 0.1) is 0 Å². The van der Waals surface area contributed by atoms with Gasteiger partial charge in [-0.3, -0.25) is 0 Å². The minimum atomic E-state index is 0.733. The van der Waals surface area contributed by atoms with Crippen molar-refractivity contribution in [2.45, 2.75) is 4.90 Å². The van der Waals surface area contributed by atoms with Crippen molar-refractivity contribution < 1.29 is 0 Å². The van der Waals surface area contributed by atoms with Crippen molar-refractivity contribution in [3.8, 4) is 0 Å². The van der Waals surface area contributed by atoms with Crippen LogP contribution in [-0.2, 0) is 0 Å². The Hall–Kier alpha value is -0.660. The zero-order valence-electron chi connectivity index (χ0n) is 6.53. The zero-order chi connectivity index (χ0) is 8.81. The van der Waals surface area contributed by atoms with E-state index in [0.29, 0.717) is 0 Å². The second-order valence-corrected chi connectivity index (χ2v) is 3.87. The molecule has 0 aliphatic carbocycles. The normalized spacial score (nSPS) is 11.2. The van der Waals surface area contributed by atoms with Crippen molar-refractivity contribution in [1.82, 2.24) is 0 Å². The molecule has 1 rings (SSSR count). The Labute approximate surface area is 81.9 Å². The van der Waals surface area contributed by atoms with Crippen LogP contribution in [-0.4, -0.2) is 0 Å². The Morgan fingerprint density at radius 2 is 2.00 bits per heavy atom. The minimum absolute atomic E-state index is 0.733. The lowest BCUT2D eigenvalue weighted by molar-refractivity contribution is 1.47. The first-order chi connectivity index (χ1) is 5.83. The predicted octanol–water partition coefficient (Wildman–Crippen LogP) is 4.04. The predicted molar refractivity (Wildman–Crippen MR) is 56.4 cm³/mol. The molecule has 0 aromatic heterocycles. The van der Waals surface area contributed by atoms with Crippen LogP contribution in [0.15, 0.2) is 58.3 Å². The van der Waals surface area contributed by atoms with Crippen LogP contribution in [0.3, 0.4) is 0 Å². The molecule has 0 saturated heterocycles. The van der Waals surface area contributed by atoms with Crippen LogP contribution < -0.4 is 0 Å². The monoisotopic (exact) mass is 196 g/mol. The van der Waals surface area contributed by atoms with Crippen molar-refractivity contribution in [2.75, 3.05) is 0 Å². The third-order valence-electron chi connectivity index (χ3n) is 1.21. The van der Waals surface area contributed by atoms with Gasteiger partial charge in [-0.1, -0.05) is 54.2 Å². The average molecular weight is 197 g/mol. The van der Waals surface area contributed by atoms with Gasteiger partial charge in [0.1, 0.15) is 0 Å². The topological polar surface area (TPSA) is 0 Å². The lowest BCUT2D eigenvalue weighted by Gasteiger charge is -1.96. The molecule has 0 spiro atoms. The van der Waals surface area contributed by atoms with Crippen molar-refractivity contribution in [1.29, 1.82) is 0 Å². The molecule has 0 amide bonds. The average Bonchev–Trinajstić information content (AvgIpc) is 2.06. The SMILES string of the molecule is C=C/C=C(/Cl)Sc1ccccc1. The third-order valence-corrected chi connectivity index (χ3v) is 2.40. The summed E-state index contributed by atoms with van der Waals surface area (Å²) in [7, 11) is 0. The van der Waals surface area contributed by atoms with Crippen LogP contribution in [0.4, 0.5) is 0 Å². The van der Waals surface area contributed by atoms with Crippen molar-refractivity contribution in [3.05, 3.63) is 53.4 Å². The molecule has 0 aliphatic rings. The Morgan fingerprint density at radius 3 is 2.58 bits per heavy atom. The van der Waals surface area contributed by atoms with Crippen molar-refractivity contribution in [3.63, 3.8) is 0 Å². The van der Waals surface area contributed by atoms with E-state index in [0.717, 1.165) is 9.26 Å². The number of rotatable bonds is 3. The maximum absolute atomic E-state index is 5.87. The van der Waals surface area contributed by atoms with Gasteiger partial charge in [0.05, 0.1) is 4.36 Å². The molecule has 1 aromatic carbocycles. The lowest BCUT2D eigenvalue weighted by atomic mass is 10.4. The second kappa shape index (κ2) is 5.07. The molecule has 0 unspecified atom stereocenters. The summed E-state index contributed by atoms with van der Waals surface area (Å²) in [6.45, 7) is 3.57. The number of thioether (sulfide) groups is 1. The van der Waals surface area contributed by atoms with Crippen molar-refractivity contribution >= 4 is 23.4 Å². The summed E-state index contributed by atoms with van der Waals surface area (Å²) in [6.07, 6.45) is 3.46. The van der Waals surface area contributed by atoms with Gasteiger partial charge in [-0.2, -0.15) is 0 Å². The molecule has 0 fully saturated rings. The number of allylic oxidation sites excluding steroid dienone is 2. The maximum atomic E-state index is 5.87. The zero-order valence-corrected chi connectivity index (χ0v) is 8.11. The molecule has 0 bridgehead atoms. The molecule has 2 heteroatoms. The van der Waals surface area contributed by atoms with E-state index < -0.39 is 0 Å². The van der Waals surface area contributed by atoms with Crippen LogP contribution in [0.2, 0.25) is 0 Å². The Bertz CT molecular complexity index is 277. The Morgan fingerprint density at radius 1 is 1.33 bits per heavy atom. The maximum Gasteiger partial charge on any atom is 0.0782 e. The highest BCUT2D eigenvalue weighted by atomic mass is 35.5. The van der Waals surface area contributed by atoms with Crippen LogP contribution in [0.1, 0.15) is 0 Å². The number of halogens is 1. The smallest absolute Gasteiger partial charge is 0.0782 e. The molecule has 0 nitrogen and oxygen atoms in total. The molecule has 62 valence electrons. The fourth-order valence-corrected chi connectivity index (χ4v) is 1.77. The van der Waals surface area contributed by atoms with Gasteiger partial charge in [-0.05, 0) is 18.2 Å². The molecule has 0 saturated carbocycles. The molecule has 0 N–H and O–H groups in total. The van der Waals surface area contributed by atoms with Gasteiger partial charge >= 0.3 is 0 Å². The van der Waals surface area contributed by atoms with E-state index in [-0.39, 0.29) is 0 Å². The molecule has 1 aromatic rings. The summed E-state index contributed by atoms with van der Waals surface area (Å²) < 4.78 is 0.733. The summed E-state index contributed by atoms with van der Waals surface area (Å²) in [4.78, 5) is 1.14. The van der Waals surface area contributed by atoms with E-state index in [4.69, 9.17) is 11.6 Å². The van der Waals surface area contributed by atoms with E-state index in [2.05, 4.69) is 6.58 Å². The van der Waals surface area contributed by atoms with Gasteiger partial charge in [-0.25, -0.2) is 0 Å². The lowest BCUT2D eigenvalue weighted by Crippen LogP contribution is -1.67. The van der Waals surface area contributed by atoms with Crippen molar-refractivity contribution in [2.24, 2.45) is 0 Å². The van der Waals surface area contributed by atoms with E-state index in [9.17, 15) is 0 Å². The van der Waals surface area contributed by atoms with Crippen LogP contribution >= 0.6 is 23.4 Å². The summed E-state index contributed by atoms with van der Waals surface area (Å²) in [5, 5.41) is 0. The van der Waals surface area contributed by atoms with Gasteiger partial charge in [0.15, 0.2) is 0 Å². The molecule has 0 aliphatic heterocycles. The highest BCUT2D eigenvalue weighted by Crippen LogP contribution is 2.28.